The Labute approximate surface area is 208 Å². The Balaban J connectivity index is 2.09. The lowest BCUT2D eigenvalue weighted by molar-refractivity contribution is -0.123. The van der Waals surface area contributed by atoms with Crippen LogP contribution in [0.15, 0.2) is 46.0 Å². The zero-order valence-electron chi connectivity index (χ0n) is 19.2. The average molecular weight is 539 g/mol. The van der Waals surface area contributed by atoms with Gasteiger partial charge < -0.3 is 14.8 Å². The van der Waals surface area contributed by atoms with Crippen LogP contribution < -0.4 is 20.2 Å². The van der Waals surface area contributed by atoms with Gasteiger partial charge in [-0.15, -0.1) is 0 Å². The quantitative estimate of drug-likeness (QED) is 0.304. The van der Waals surface area contributed by atoms with Crippen LogP contribution in [0, 0.1) is 5.92 Å². The lowest BCUT2D eigenvalue weighted by Gasteiger charge is -2.20. The summed E-state index contributed by atoms with van der Waals surface area (Å²) in [4.78, 5) is 25.2. The molecular formula is C24H29BrClN3O4. The molecule has 1 unspecified atom stereocenters. The Morgan fingerprint density at radius 3 is 2.45 bits per heavy atom. The zero-order valence-corrected chi connectivity index (χ0v) is 21.5. The zero-order chi connectivity index (χ0) is 24.4. The van der Waals surface area contributed by atoms with Gasteiger partial charge in [-0.2, -0.15) is 5.10 Å². The molecule has 0 aromatic heterocycles. The summed E-state index contributed by atoms with van der Waals surface area (Å²) >= 11 is 9.37. The molecule has 0 fully saturated rings. The van der Waals surface area contributed by atoms with E-state index in [0.29, 0.717) is 40.9 Å². The maximum absolute atomic E-state index is 12.7. The van der Waals surface area contributed by atoms with Crippen molar-refractivity contribution in [3.05, 3.63) is 57.0 Å². The van der Waals surface area contributed by atoms with Gasteiger partial charge in [-0.3, -0.25) is 9.59 Å². The Bertz CT molecular complexity index is 980. The third kappa shape index (κ3) is 8.05. The second-order valence-corrected chi connectivity index (χ2v) is 8.84. The van der Waals surface area contributed by atoms with Crippen LogP contribution in [0.25, 0.3) is 0 Å². The highest BCUT2D eigenvalue weighted by Crippen LogP contribution is 2.36. The van der Waals surface area contributed by atoms with Crippen molar-refractivity contribution in [3.63, 3.8) is 0 Å². The van der Waals surface area contributed by atoms with Crippen LogP contribution in [-0.2, 0) is 4.79 Å². The average Bonchev–Trinajstić information content (AvgIpc) is 2.77. The number of hydrogen-bond acceptors (Lipinski definition) is 5. The van der Waals surface area contributed by atoms with Crippen LogP contribution in [0.4, 0.5) is 0 Å². The largest absolute Gasteiger partial charge is 0.490 e. The molecule has 178 valence electrons. The SMILES string of the molecule is CCCOc1c(Br)cc(/C=N\NC(=O)C(NC(=O)c2ccc(Cl)cc2)C(C)C)cc1OCC. The standard InChI is InChI=1S/C24H29BrClN3O4/c1-5-11-33-22-19(25)12-16(13-20(22)32-6-2)14-27-29-24(31)21(15(3)4)28-23(30)17-7-9-18(26)10-8-17/h7-10,12-15,21H,5-6,11H2,1-4H3,(H,28,30)(H,29,31)/b27-14-. The minimum absolute atomic E-state index is 0.148. The first-order valence-electron chi connectivity index (χ1n) is 10.7. The predicted molar refractivity (Wildman–Crippen MR) is 134 cm³/mol. The van der Waals surface area contributed by atoms with Gasteiger partial charge in [-0.1, -0.05) is 32.4 Å². The van der Waals surface area contributed by atoms with Gasteiger partial charge in [-0.05, 0) is 77.2 Å². The molecule has 0 aliphatic heterocycles. The molecule has 0 saturated heterocycles. The summed E-state index contributed by atoms with van der Waals surface area (Å²) in [5.74, 6) is 0.284. The fraction of sp³-hybridized carbons (Fsp3) is 0.375. The van der Waals surface area contributed by atoms with Crippen LogP contribution >= 0.6 is 27.5 Å². The van der Waals surface area contributed by atoms with E-state index in [1.807, 2.05) is 33.8 Å². The topological polar surface area (TPSA) is 89.0 Å². The van der Waals surface area contributed by atoms with Gasteiger partial charge in [0.15, 0.2) is 11.5 Å². The van der Waals surface area contributed by atoms with Crippen LogP contribution in [0.5, 0.6) is 11.5 Å². The highest BCUT2D eigenvalue weighted by atomic mass is 79.9. The summed E-state index contributed by atoms with van der Waals surface area (Å²) in [5.41, 5.74) is 3.63. The molecule has 0 bridgehead atoms. The molecule has 2 aromatic carbocycles. The molecule has 7 nitrogen and oxygen atoms in total. The Hall–Kier alpha value is -2.58. The van der Waals surface area contributed by atoms with Gasteiger partial charge in [0, 0.05) is 10.6 Å². The number of benzene rings is 2. The van der Waals surface area contributed by atoms with Crippen molar-refractivity contribution in [1.82, 2.24) is 10.7 Å². The molecule has 0 aliphatic carbocycles. The van der Waals surface area contributed by atoms with E-state index in [4.69, 9.17) is 21.1 Å². The van der Waals surface area contributed by atoms with E-state index in [9.17, 15) is 9.59 Å². The van der Waals surface area contributed by atoms with Gasteiger partial charge in [0.25, 0.3) is 11.8 Å². The van der Waals surface area contributed by atoms with E-state index in [-0.39, 0.29) is 11.8 Å². The van der Waals surface area contributed by atoms with Gasteiger partial charge in [0.1, 0.15) is 6.04 Å². The molecular weight excluding hydrogens is 510 g/mol. The molecule has 0 radical (unpaired) electrons. The Morgan fingerprint density at radius 1 is 1.15 bits per heavy atom. The number of amides is 2. The van der Waals surface area contributed by atoms with Gasteiger partial charge >= 0.3 is 0 Å². The van der Waals surface area contributed by atoms with Crippen molar-refractivity contribution in [1.29, 1.82) is 0 Å². The first-order chi connectivity index (χ1) is 15.8. The van der Waals surface area contributed by atoms with Crippen molar-refractivity contribution in [2.45, 2.75) is 40.2 Å². The summed E-state index contributed by atoms with van der Waals surface area (Å²) in [6.45, 7) is 8.66. The third-order valence-electron chi connectivity index (χ3n) is 4.51. The normalized spacial score (nSPS) is 12.0. The predicted octanol–water partition coefficient (Wildman–Crippen LogP) is 5.19. The summed E-state index contributed by atoms with van der Waals surface area (Å²) in [6.07, 6.45) is 2.38. The van der Waals surface area contributed by atoms with E-state index < -0.39 is 11.9 Å². The van der Waals surface area contributed by atoms with Crippen LogP contribution in [0.3, 0.4) is 0 Å². The van der Waals surface area contributed by atoms with Gasteiger partial charge in [0.05, 0.1) is 23.9 Å². The highest BCUT2D eigenvalue weighted by Gasteiger charge is 2.24. The number of rotatable bonds is 11. The summed E-state index contributed by atoms with van der Waals surface area (Å²) in [6, 6.07) is 9.31. The molecule has 2 N–H and O–H groups in total. The molecule has 2 amide bonds. The number of halogens is 2. The minimum atomic E-state index is -0.763. The summed E-state index contributed by atoms with van der Waals surface area (Å²) in [7, 11) is 0. The van der Waals surface area contributed by atoms with Crippen LogP contribution in [0.1, 0.15) is 50.0 Å². The van der Waals surface area contributed by atoms with E-state index in [0.717, 1.165) is 10.9 Å². The van der Waals surface area contributed by atoms with E-state index in [1.54, 1.807) is 30.3 Å². The number of nitrogens with one attached hydrogen (secondary N) is 2. The molecule has 1 atom stereocenters. The molecule has 0 spiro atoms. The lowest BCUT2D eigenvalue weighted by Crippen LogP contribution is -2.48. The molecule has 9 heteroatoms. The number of hydrazone groups is 1. The summed E-state index contributed by atoms with van der Waals surface area (Å²) < 4.78 is 12.2. The smallest absolute Gasteiger partial charge is 0.262 e. The summed E-state index contributed by atoms with van der Waals surface area (Å²) in [5, 5.41) is 7.34. The van der Waals surface area contributed by atoms with Gasteiger partial charge in [-0.25, -0.2) is 5.43 Å². The van der Waals surface area contributed by atoms with Gasteiger partial charge in [0.2, 0.25) is 0 Å². The van der Waals surface area contributed by atoms with E-state index in [2.05, 4.69) is 31.8 Å². The molecule has 0 aliphatic rings. The van der Waals surface area contributed by atoms with Crippen LogP contribution in [-0.4, -0.2) is 37.3 Å². The second-order valence-electron chi connectivity index (χ2n) is 7.55. The van der Waals surface area contributed by atoms with Crippen molar-refractivity contribution in [2.24, 2.45) is 11.0 Å². The number of ether oxygens (including phenoxy) is 2. The molecule has 2 aromatic rings. The molecule has 0 heterocycles. The Morgan fingerprint density at radius 2 is 1.85 bits per heavy atom. The Kier molecular flexibility index (Phi) is 10.7. The fourth-order valence-electron chi connectivity index (χ4n) is 2.87. The number of nitrogens with zero attached hydrogens (tertiary/aromatic N) is 1. The first kappa shape index (κ1) is 26.7. The van der Waals surface area contributed by atoms with Crippen molar-refractivity contribution in [3.8, 4) is 11.5 Å². The highest BCUT2D eigenvalue weighted by molar-refractivity contribution is 9.10. The molecule has 2 rings (SSSR count). The van der Waals surface area contributed by atoms with Crippen molar-refractivity contribution >= 4 is 45.6 Å². The van der Waals surface area contributed by atoms with Crippen molar-refractivity contribution < 1.29 is 19.1 Å². The number of carbonyl (C=O) groups excluding carboxylic acids is 2. The van der Waals surface area contributed by atoms with E-state index >= 15 is 0 Å². The first-order valence-corrected chi connectivity index (χ1v) is 11.9. The monoisotopic (exact) mass is 537 g/mol. The third-order valence-corrected chi connectivity index (χ3v) is 5.35. The lowest BCUT2D eigenvalue weighted by atomic mass is 10.0. The fourth-order valence-corrected chi connectivity index (χ4v) is 3.57. The maximum atomic E-state index is 12.7. The number of carbonyl (C=O) groups is 2. The van der Waals surface area contributed by atoms with Crippen LogP contribution in [0.2, 0.25) is 5.02 Å². The molecule has 0 saturated carbocycles. The number of hydrogen-bond donors (Lipinski definition) is 2. The molecule has 33 heavy (non-hydrogen) atoms. The second kappa shape index (κ2) is 13.2. The maximum Gasteiger partial charge on any atom is 0.262 e. The minimum Gasteiger partial charge on any atom is -0.490 e. The van der Waals surface area contributed by atoms with E-state index in [1.165, 1.54) is 6.21 Å². The van der Waals surface area contributed by atoms with Crippen molar-refractivity contribution in [2.75, 3.05) is 13.2 Å².